The molecule has 398 valence electrons. The zero-order valence-electron chi connectivity index (χ0n) is 43.9. The predicted molar refractivity (Wildman–Crippen MR) is 282 cm³/mol. The van der Waals surface area contributed by atoms with Gasteiger partial charge in [0.15, 0.2) is 0 Å². The lowest BCUT2D eigenvalue weighted by molar-refractivity contribution is -0.138. The summed E-state index contributed by atoms with van der Waals surface area (Å²) >= 11 is 1.70. The third-order valence-electron chi connectivity index (χ3n) is 15.6. The number of carbonyl (C=O) groups excluding carboxylic acids is 4. The molecule has 4 N–H and O–H groups in total. The SMILES string of the molecule is CCC(C)Cc1ccc(C2Oc3cc(-c4cnc([C@@H]5CCCN5C(=O)[C@@H](NC(=O)OC)C(C)C)[nH]4)cc(F)c3-c3cc4cc(-c5cnc([C@H]6CCCN6C(=O)C(NC(=O)OC)C6C[C@@H](C)O[C@@H](C)C6)[nH]5)ccc4n32)s1. The first-order valence-electron chi connectivity index (χ1n) is 26.4. The molecule has 0 saturated carbocycles. The number of amides is 4. The minimum absolute atomic E-state index is 0.0519. The zero-order chi connectivity index (χ0) is 52.8. The van der Waals surface area contributed by atoms with Crippen molar-refractivity contribution in [2.75, 3.05) is 27.3 Å². The van der Waals surface area contributed by atoms with Gasteiger partial charge in [-0.3, -0.25) is 14.2 Å². The van der Waals surface area contributed by atoms with Gasteiger partial charge in [-0.15, -0.1) is 11.3 Å². The van der Waals surface area contributed by atoms with E-state index in [4.69, 9.17) is 28.9 Å². The van der Waals surface area contributed by atoms with Crippen molar-refractivity contribution in [2.24, 2.45) is 17.8 Å². The minimum Gasteiger partial charge on any atom is -0.464 e. The van der Waals surface area contributed by atoms with Gasteiger partial charge in [-0.25, -0.2) is 23.9 Å². The van der Waals surface area contributed by atoms with Crippen molar-refractivity contribution >= 4 is 46.2 Å². The molecule has 0 spiro atoms. The van der Waals surface area contributed by atoms with Crippen molar-refractivity contribution in [1.82, 2.24) is 44.9 Å². The Labute approximate surface area is 440 Å². The number of hydrogen-bond donors (Lipinski definition) is 4. The fraction of sp³-hybridized carbons (Fsp3) is 0.500. The Hall–Kier alpha value is -6.73. The van der Waals surface area contributed by atoms with Gasteiger partial charge in [0.1, 0.15) is 35.3 Å². The lowest BCUT2D eigenvalue weighted by atomic mass is 9.85. The fourth-order valence-corrected chi connectivity index (χ4v) is 12.9. The Morgan fingerprint density at radius 2 is 1.47 bits per heavy atom. The van der Waals surface area contributed by atoms with Gasteiger partial charge in [0.05, 0.1) is 83.9 Å². The van der Waals surface area contributed by atoms with Gasteiger partial charge in [-0.2, -0.15) is 0 Å². The molecular weight excluding hydrogens is 978 g/mol. The average Bonchev–Trinajstić information content (AvgIpc) is 4.29. The summed E-state index contributed by atoms with van der Waals surface area (Å²) < 4.78 is 41.9. The van der Waals surface area contributed by atoms with Gasteiger partial charge in [-0.05, 0) is 119 Å². The standard InChI is InChI=1S/C56H68FN9O8S/c1-9-30(4)20-37-15-17-46(75-37)54-66-41-16-14-33(39-27-58-50(60-39)43-13-11-19-65(43)53(68)49(63-56(70)72-8)36-21-31(5)73-32(6)22-36)23-35(41)25-44(66)47-38(57)24-34(26-45(47)74-54)40-28-59-51(61-40)42-12-10-18-64(42)52(67)48(29(2)3)62-55(69)71-7/h14-17,23-32,36,42-43,48-49,54H,9-13,18-22H2,1-8H3,(H,58,60)(H,59,61)(H,62,69)(H,63,70)/t30?,31-,32+,36?,42-,43+,48-,49?,54?/m0/s1. The molecule has 3 fully saturated rings. The highest BCUT2D eigenvalue weighted by Crippen LogP contribution is 2.49. The number of rotatable bonds is 14. The molecule has 0 bridgehead atoms. The van der Waals surface area contributed by atoms with Crippen LogP contribution in [-0.2, 0) is 30.2 Å². The van der Waals surface area contributed by atoms with Gasteiger partial charge in [0, 0.05) is 34.5 Å². The Bertz CT molecular complexity index is 3080. The van der Waals surface area contributed by atoms with E-state index in [1.807, 2.05) is 56.9 Å². The molecule has 2 aromatic carbocycles. The number of methoxy groups -OCH3 is 2. The lowest BCUT2D eigenvalue weighted by Gasteiger charge is -2.38. The smallest absolute Gasteiger partial charge is 0.407 e. The van der Waals surface area contributed by atoms with Crippen LogP contribution in [0, 0.1) is 23.6 Å². The first kappa shape index (κ1) is 51.7. The largest absolute Gasteiger partial charge is 0.464 e. The van der Waals surface area contributed by atoms with Crippen LogP contribution in [0.5, 0.6) is 5.75 Å². The normalized spacial score (nSPS) is 22.6. The molecule has 75 heavy (non-hydrogen) atoms. The summed E-state index contributed by atoms with van der Waals surface area (Å²) in [4.78, 5) is 75.5. The van der Waals surface area contributed by atoms with Crippen LogP contribution >= 0.6 is 11.3 Å². The van der Waals surface area contributed by atoms with Crippen LogP contribution < -0.4 is 15.4 Å². The van der Waals surface area contributed by atoms with Crippen molar-refractivity contribution in [2.45, 2.75) is 136 Å². The van der Waals surface area contributed by atoms with E-state index in [-0.39, 0.29) is 47.9 Å². The molecule has 8 heterocycles. The van der Waals surface area contributed by atoms with Crippen LogP contribution in [0.25, 0.3) is 44.7 Å². The quantitative estimate of drug-likeness (QED) is 0.0814. The number of imidazole rings is 2. The number of fused-ring (bicyclic) bond motifs is 5. The van der Waals surface area contributed by atoms with Crippen LogP contribution in [0.2, 0.25) is 0 Å². The van der Waals surface area contributed by atoms with E-state index in [2.05, 4.69) is 57.2 Å². The topological polar surface area (TPSA) is 198 Å². The maximum atomic E-state index is 17.1. The maximum absolute atomic E-state index is 17.1. The molecule has 3 saturated heterocycles. The van der Waals surface area contributed by atoms with E-state index in [9.17, 15) is 19.2 Å². The summed E-state index contributed by atoms with van der Waals surface area (Å²) in [5.74, 6) is 1.00. The van der Waals surface area contributed by atoms with Crippen LogP contribution in [0.3, 0.4) is 0 Å². The average molecular weight is 1050 g/mol. The van der Waals surface area contributed by atoms with Crippen LogP contribution in [0.4, 0.5) is 14.0 Å². The molecular formula is C56H68FN9O8S. The molecule has 4 aromatic heterocycles. The van der Waals surface area contributed by atoms with Gasteiger partial charge in [0.2, 0.25) is 18.0 Å². The summed E-state index contributed by atoms with van der Waals surface area (Å²) in [5, 5.41) is 6.44. The molecule has 4 amide bonds. The van der Waals surface area contributed by atoms with Gasteiger partial charge >= 0.3 is 12.2 Å². The Morgan fingerprint density at radius 1 is 0.827 bits per heavy atom. The molecule has 4 aliphatic heterocycles. The molecule has 19 heteroatoms. The van der Waals surface area contributed by atoms with E-state index < -0.39 is 36.3 Å². The highest BCUT2D eigenvalue weighted by atomic mass is 32.1. The molecule has 6 aromatic rings. The van der Waals surface area contributed by atoms with E-state index in [0.717, 1.165) is 52.7 Å². The van der Waals surface area contributed by atoms with Gasteiger partial charge in [-0.1, -0.05) is 40.2 Å². The van der Waals surface area contributed by atoms with Crippen LogP contribution in [-0.4, -0.2) is 110 Å². The number of H-pyrrole nitrogens is 2. The third kappa shape index (κ3) is 10.2. The van der Waals surface area contributed by atoms with Crippen molar-refractivity contribution in [3.8, 4) is 39.5 Å². The van der Waals surface area contributed by atoms with Crippen molar-refractivity contribution in [3.63, 3.8) is 0 Å². The Morgan fingerprint density at radius 3 is 2.11 bits per heavy atom. The van der Waals surface area contributed by atoms with E-state index in [1.54, 1.807) is 28.6 Å². The Kier molecular flexibility index (Phi) is 14.8. The summed E-state index contributed by atoms with van der Waals surface area (Å²) in [5.41, 5.74) is 4.64. The van der Waals surface area contributed by atoms with Crippen molar-refractivity contribution < 1.29 is 42.5 Å². The Balaban J connectivity index is 0.959. The van der Waals surface area contributed by atoms with E-state index >= 15 is 4.39 Å². The number of nitrogens with zero attached hydrogens (tertiary/aromatic N) is 5. The van der Waals surface area contributed by atoms with E-state index in [1.165, 1.54) is 25.2 Å². The summed E-state index contributed by atoms with van der Waals surface area (Å²) in [6, 6.07) is 13.6. The van der Waals surface area contributed by atoms with Gasteiger partial charge in [0.25, 0.3) is 0 Å². The number of carbonyl (C=O) groups is 4. The number of hydrogen-bond acceptors (Lipinski definition) is 11. The number of alkyl carbamates (subject to hydrolysis) is 2. The molecule has 0 aliphatic carbocycles. The number of halogens is 1. The predicted octanol–water partition coefficient (Wildman–Crippen LogP) is 10.5. The first-order valence-corrected chi connectivity index (χ1v) is 27.2. The fourth-order valence-electron chi connectivity index (χ4n) is 11.7. The lowest BCUT2D eigenvalue weighted by Crippen LogP contribution is -2.54. The van der Waals surface area contributed by atoms with Crippen LogP contribution in [0.15, 0.2) is 60.9 Å². The first-order chi connectivity index (χ1) is 36.1. The number of aromatic amines is 2. The minimum atomic E-state index is -0.775. The number of ether oxygens (including phenoxy) is 4. The van der Waals surface area contributed by atoms with Crippen LogP contribution in [0.1, 0.15) is 126 Å². The second kappa shape index (κ2) is 21.5. The highest BCUT2D eigenvalue weighted by Gasteiger charge is 2.43. The van der Waals surface area contributed by atoms with Gasteiger partial charge < -0.3 is 49.3 Å². The molecule has 9 atom stereocenters. The second-order valence-corrected chi connectivity index (χ2v) is 22.4. The molecule has 10 rings (SSSR count). The van der Waals surface area contributed by atoms with E-state index in [0.29, 0.717) is 84.6 Å². The number of likely N-dealkylation sites (tertiary alicyclic amines) is 2. The van der Waals surface area contributed by atoms with Crippen molar-refractivity contribution in [3.05, 3.63) is 88.1 Å². The molecule has 0 radical (unpaired) electrons. The molecule has 4 aliphatic rings. The maximum Gasteiger partial charge on any atom is 0.407 e. The number of thiophene rings is 1. The van der Waals surface area contributed by atoms with Crippen molar-refractivity contribution in [1.29, 1.82) is 0 Å². The number of benzene rings is 2. The summed E-state index contributed by atoms with van der Waals surface area (Å²) in [7, 11) is 2.57. The molecule has 17 nitrogen and oxygen atoms in total. The monoisotopic (exact) mass is 1050 g/mol. The second-order valence-electron chi connectivity index (χ2n) is 21.2. The third-order valence-corrected chi connectivity index (χ3v) is 16.8. The summed E-state index contributed by atoms with van der Waals surface area (Å²) in [6.45, 7) is 13.2. The number of nitrogens with one attached hydrogen (secondary N) is 4. The number of aromatic nitrogens is 5. The zero-order valence-corrected chi connectivity index (χ0v) is 44.7. The highest BCUT2D eigenvalue weighted by molar-refractivity contribution is 7.12. The molecule has 4 unspecified atom stereocenters. The summed E-state index contributed by atoms with van der Waals surface area (Å²) in [6.07, 6.45) is 7.65.